The minimum absolute atomic E-state index is 0.238. The van der Waals surface area contributed by atoms with Crippen LogP contribution in [0.15, 0.2) is 34.0 Å². The first-order valence-corrected chi connectivity index (χ1v) is 8.88. The molecule has 0 fully saturated rings. The van der Waals surface area contributed by atoms with Crippen molar-refractivity contribution in [2.45, 2.75) is 31.3 Å². The third-order valence-corrected chi connectivity index (χ3v) is 5.19. The molecule has 0 saturated carbocycles. The third kappa shape index (κ3) is 3.69. The molecule has 3 N–H and O–H groups in total. The Hall–Kier alpha value is -1.15. The fourth-order valence-corrected chi connectivity index (χ4v) is 3.83. The van der Waals surface area contributed by atoms with Crippen molar-refractivity contribution < 1.29 is 8.42 Å². The first-order chi connectivity index (χ1) is 9.53. The van der Waals surface area contributed by atoms with Crippen molar-refractivity contribution in [3.05, 3.63) is 40.3 Å². The molecule has 0 aliphatic rings. The van der Waals surface area contributed by atoms with Gasteiger partial charge < -0.3 is 10.3 Å². The average molecular weight is 313 g/mol. The van der Waals surface area contributed by atoms with Gasteiger partial charge in [0, 0.05) is 24.5 Å². The molecule has 0 radical (unpaired) electrons. The second-order valence-electron chi connectivity index (χ2n) is 4.54. The predicted molar refractivity (Wildman–Crippen MR) is 81.2 cm³/mol. The van der Waals surface area contributed by atoms with Crippen LogP contribution in [0.5, 0.6) is 0 Å². The highest BCUT2D eigenvalue weighted by atomic mass is 32.2. The van der Waals surface area contributed by atoms with Crippen molar-refractivity contribution in [3.8, 4) is 0 Å². The van der Waals surface area contributed by atoms with Crippen LogP contribution in [0.3, 0.4) is 0 Å². The molecular formula is C13H19N3O2S2. The summed E-state index contributed by atoms with van der Waals surface area (Å²) in [5.41, 5.74) is 1.83. The highest BCUT2D eigenvalue weighted by Crippen LogP contribution is 2.19. The van der Waals surface area contributed by atoms with Crippen LogP contribution in [-0.2, 0) is 16.6 Å². The zero-order chi connectivity index (χ0) is 14.6. The minimum Gasteiger partial charge on any atom is -0.363 e. The zero-order valence-electron chi connectivity index (χ0n) is 11.5. The smallest absolute Gasteiger partial charge is 0.242 e. The number of sulfonamides is 1. The Morgan fingerprint density at radius 3 is 2.90 bits per heavy atom. The number of hydrogen-bond donors (Lipinski definition) is 3. The number of hydrogen-bond acceptors (Lipinski definition) is 4. The highest BCUT2D eigenvalue weighted by molar-refractivity contribution is 7.89. The van der Waals surface area contributed by atoms with Gasteiger partial charge in [0.05, 0.1) is 4.90 Å². The molecule has 0 amide bonds. The minimum atomic E-state index is -3.49. The Morgan fingerprint density at radius 1 is 1.45 bits per heavy atom. The lowest BCUT2D eigenvalue weighted by molar-refractivity contribution is 0.567. The second kappa shape index (κ2) is 6.53. The van der Waals surface area contributed by atoms with Crippen molar-refractivity contribution in [2.24, 2.45) is 0 Å². The lowest BCUT2D eigenvalue weighted by Crippen LogP contribution is -2.26. The largest absolute Gasteiger partial charge is 0.363 e. The van der Waals surface area contributed by atoms with Crippen molar-refractivity contribution >= 4 is 21.4 Å². The number of aromatic nitrogens is 1. The molecule has 2 rings (SSSR count). The van der Waals surface area contributed by atoms with Crippen molar-refractivity contribution in [1.82, 2.24) is 15.0 Å². The van der Waals surface area contributed by atoms with Crippen LogP contribution in [0, 0.1) is 0 Å². The van der Waals surface area contributed by atoms with Gasteiger partial charge in [-0.25, -0.2) is 13.1 Å². The molecule has 0 aliphatic heterocycles. The maximum Gasteiger partial charge on any atom is 0.242 e. The van der Waals surface area contributed by atoms with E-state index in [1.165, 1.54) is 6.20 Å². The average Bonchev–Trinajstić information content (AvgIpc) is 3.07. The Balaban J connectivity index is 2.08. The maximum atomic E-state index is 12.3. The van der Waals surface area contributed by atoms with E-state index >= 15 is 0 Å². The lowest BCUT2D eigenvalue weighted by atomic mass is 10.2. The summed E-state index contributed by atoms with van der Waals surface area (Å²) in [7, 11) is -3.49. The molecule has 7 heteroatoms. The van der Waals surface area contributed by atoms with Gasteiger partial charge in [-0.2, -0.15) is 11.3 Å². The summed E-state index contributed by atoms with van der Waals surface area (Å²) < 4.78 is 27.2. The van der Waals surface area contributed by atoms with E-state index in [4.69, 9.17) is 0 Å². The van der Waals surface area contributed by atoms with E-state index in [1.807, 2.05) is 30.7 Å². The fourth-order valence-electron chi connectivity index (χ4n) is 1.83. The SMILES string of the molecule is CCNCc1cc(S(=O)(=O)NC(C)c2ccsc2)c[nH]1. The van der Waals surface area contributed by atoms with E-state index in [1.54, 1.807) is 17.4 Å². The van der Waals surface area contributed by atoms with Crippen LogP contribution in [-0.4, -0.2) is 19.9 Å². The Morgan fingerprint density at radius 2 is 2.25 bits per heavy atom. The van der Waals surface area contributed by atoms with E-state index in [2.05, 4.69) is 15.0 Å². The van der Waals surface area contributed by atoms with Crippen LogP contribution in [0.25, 0.3) is 0 Å². The van der Waals surface area contributed by atoms with E-state index in [0.29, 0.717) is 6.54 Å². The summed E-state index contributed by atoms with van der Waals surface area (Å²) in [5, 5.41) is 7.03. The topological polar surface area (TPSA) is 74.0 Å². The van der Waals surface area contributed by atoms with Gasteiger partial charge in [0.1, 0.15) is 0 Å². The van der Waals surface area contributed by atoms with Gasteiger partial charge in [-0.05, 0) is 41.9 Å². The molecule has 1 atom stereocenters. The Bertz CT molecular complexity index is 632. The van der Waals surface area contributed by atoms with Crippen LogP contribution >= 0.6 is 11.3 Å². The first kappa shape index (κ1) is 15.2. The molecule has 2 heterocycles. The van der Waals surface area contributed by atoms with Gasteiger partial charge in [-0.15, -0.1) is 0 Å². The van der Waals surface area contributed by atoms with E-state index in [9.17, 15) is 8.42 Å². The summed E-state index contributed by atoms with van der Waals surface area (Å²) in [4.78, 5) is 3.25. The number of H-pyrrole nitrogens is 1. The zero-order valence-corrected chi connectivity index (χ0v) is 13.1. The molecule has 1 unspecified atom stereocenters. The predicted octanol–water partition coefficient (Wildman–Crippen LogP) is 2.23. The van der Waals surface area contributed by atoms with Crippen molar-refractivity contribution in [1.29, 1.82) is 0 Å². The highest BCUT2D eigenvalue weighted by Gasteiger charge is 2.19. The van der Waals surface area contributed by atoms with Crippen LogP contribution in [0.1, 0.15) is 31.1 Å². The van der Waals surface area contributed by atoms with Crippen LogP contribution in [0.2, 0.25) is 0 Å². The van der Waals surface area contributed by atoms with Gasteiger partial charge in [0.25, 0.3) is 0 Å². The van der Waals surface area contributed by atoms with E-state index in [-0.39, 0.29) is 10.9 Å². The van der Waals surface area contributed by atoms with Crippen LogP contribution < -0.4 is 10.0 Å². The molecule has 0 spiro atoms. The molecule has 0 aliphatic carbocycles. The summed E-state index contributed by atoms with van der Waals surface area (Å²) >= 11 is 1.55. The van der Waals surface area contributed by atoms with Crippen molar-refractivity contribution in [2.75, 3.05) is 6.54 Å². The molecule has 0 bridgehead atoms. The molecule has 5 nitrogen and oxygen atoms in total. The summed E-state index contributed by atoms with van der Waals surface area (Å²) in [6, 6.07) is 3.34. The quantitative estimate of drug-likeness (QED) is 0.734. The third-order valence-electron chi connectivity index (χ3n) is 2.97. The molecule has 0 aromatic carbocycles. The molecule has 2 aromatic rings. The Labute approximate surface area is 123 Å². The normalized spacial score (nSPS) is 13.5. The molecule has 2 aromatic heterocycles. The standard InChI is InChI=1S/C13H19N3O2S2/c1-3-14-7-12-6-13(8-15-12)20(17,18)16-10(2)11-4-5-19-9-11/h4-6,8-10,14-16H,3,7H2,1-2H3. The van der Waals surface area contributed by atoms with Gasteiger partial charge in [0.15, 0.2) is 0 Å². The van der Waals surface area contributed by atoms with Crippen LogP contribution in [0.4, 0.5) is 0 Å². The number of rotatable bonds is 7. The number of nitrogens with one attached hydrogen (secondary N) is 3. The van der Waals surface area contributed by atoms with Gasteiger partial charge >= 0.3 is 0 Å². The molecule has 110 valence electrons. The first-order valence-electron chi connectivity index (χ1n) is 6.45. The van der Waals surface area contributed by atoms with Gasteiger partial charge in [-0.1, -0.05) is 6.92 Å². The molecule has 0 saturated heterocycles. The summed E-state index contributed by atoms with van der Waals surface area (Å²) in [6.07, 6.45) is 1.52. The van der Waals surface area contributed by atoms with E-state index in [0.717, 1.165) is 17.8 Å². The van der Waals surface area contributed by atoms with Gasteiger partial charge in [-0.3, -0.25) is 0 Å². The molecule has 20 heavy (non-hydrogen) atoms. The molecular weight excluding hydrogens is 294 g/mol. The summed E-state index contributed by atoms with van der Waals surface area (Å²) in [5.74, 6) is 0. The van der Waals surface area contributed by atoms with Gasteiger partial charge in [0.2, 0.25) is 10.0 Å². The fraction of sp³-hybridized carbons (Fsp3) is 0.385. The van der Waals surface area contributed by atoms with E-state index < -0.39 is 10.0 Å². The number of aromatic amines is 1. The Kier molecular flexibility index (Phi) is 4.98. The second-order valence-corrected chi connectivity index (χ2v) is 7.03. The lowest BCUT2D eigenvalue weighted by Gasteiger charge is -2.11. The van der Waals surface area contributed by atoms with Crippen molar-refractivity contribution in [3.63, 3.8) is 0 Å². The number of thiophene rings is 1. The summed E-state index contributed by atoms with van der Waals surface area (Å²) in [6.45, 7) is 5.32. The monoisotopic (exact) mass is 313 g/mol. The maximum absolute atomic E-state index is 12.3.